The molecule has 2 heterocycles. The molecule has 0 saturated heterocycles. The number of rotatable bonds is 0. The van der Waals surface area contributed by atoms with Gasteiger partial charge in [-0.05, 0) is 0 Å². The van der Waals surface area contributed by atoms with Crippen LogP contribution in [-0.2, 0) is 0 Å². The molecule has 2 aromatic heterocycles. The number of oxazole rings is 1. The van der Waals surface area contributed by atoms with E-state index in [2.05, 4.69) is 15.2 Å². The van der Waals surface area contributed by atoms with Crippen LogP contribution in [0, 0.1) is 0 Å². The van der Waals surface area contributed by atoms with E-state index in [1.54, 1.807) is 0 Å². The lowest BCUT2D eigenvalue weighted by Crippen LogP contribution is -2.06. The van der Waals surface area contributed by atoms with Crippen LogP contribution in [0.2, 0.25) is 0 Å². The van der Waals surface area contributed by atoms with Gasteiger partial charge in [0.2, 0.25) is 0 Å². The first-order valence-electron chi connectivity index (χ1n) is 2.65. The first kappa shape index (κ1) is 5.16. The molecule has 1 N–H and O–H groups in total. The molecular formula is C5H3N3O2. The molecule has 0 fully saturated rings. The van der Waals surface area contributed by atoms with Gasteiger partial charge in [-0.1, -0.05) is 0 Å². The van der Waals surface area contributed by atoms with Crippen molar-refractivity contribution < 1.29 is 4.42 Å². The van der Waals surface area contributed by atoms with Gasteiger partial charge in [0.15, 0.2) is 17.5 Å². The smallest absolute Gasteiger partial charge is 0.294 e. The minimum atomic E-state index is -0.328. The fourth-order valence-electron chi connectivity index (χ4n) is 0.720. The second-order valence-electron chi connectivity index (χ2n) is 1.76. The molecular weight excluding hydrogens is 134 g/mol. The lowest BCUT2D eigenvalue weighted by Gasteiger charge is -1.79. The second kappa shape index (κ2) is 1.66. The van der Waals surface area contributed by atoms with Gasteiger partial charge in [-0.15, -0.1) is 0 Å². The molecule has 0 radical (unpaired) electrons. The van der Waals surface area contributed by atoms with Gasteiger partial charge in [-0.25, -0.2) is 10.1 Å². The summed E-state index contributed by atoms with van der Waals surface area (Å²) in [6.07, 6.45) is 2.62. The number of H-pyrrole nitrogens is 1. The maximum absolute atomic E-state index is 10.8. The summed E-state index contributed by atoms with van der Waals surface area (Å²) >= 11 is 0. The number of aromatic nitrogens is 3. The van der Waals surface area contributed by atoms with Crippen LogP contribution in [0.3, 0.4) is 0 Å². The van der Waals surface area contributed by atoms with Gasteiger partial charge < -0.3 is 4.42 Å². The third kappa shape index (κ3) is 0.540. The van der Waals surface area contributed by atoms with E-state index < -0.39 is 0 Å². The van der Waals surface area contributed by atoms with E-state index in [1.807, 2.05) is 0 Å². The van der Waals surface area contributed by atoms with Crippen LogP contribution >= 0.6 is 0 Å². The minimum absolute atomic E-state index is 0.287. The molecule has 0 saturated carbocycles. The maximum atomic E-state index is 10.8. The molecule has 5 heteroatoms. The number of hydrogen-bond acceptors (Lipinski definition) is 4. The Labute approximate surface area is 54.7 Å². The number of nitrogens with zero attached hydrogens (tertiary/aromatic N) is 2. The summed E-state index contributed by atoms with van der Waals surface area (Å²) in [5.74, 6) is 0. The van der Waals surface area contributed by atoms with Crippen LogP contribution in [0.25, 0.3) is 11.1 Å². The van der Waals surface area contributed by atoms with Crippen molar-refractivity contribution in [1.82, 2.24) is 15.2 Å². The number of hydrogen-bond donors (Lipinski definition) is 1. The summed E-state index contributed by atoms with van der Waals surface area (Å²) in [7, 11) is 0. The molecule has 0 unspecified atom stereocenters. The normalized spacial score (nSPS) is 10.4. The summed E-state index contributed by atoms with van der Waals surface area (Å²) in [6, 6.07) is 0. The van der Waals surface area contributed by atoms with E-state index in [4.69, 9.17) is 4.42 Å². The predicted molar refractivity (Wildman–Crippen MR) is 32.4 cm³/mol. The molecule has 2 rings (SSSR count). The zero-order chi connectivity index (χ0) is 6.97. The molecule has 0 amide bonds. The van der Waals surface area contributed by atoms with E-state index >= 15 is 0 Å². The molecule has 0 aliphatic rings. The molecule has 0 spiro atoms. The summed E-state index contributed by atoms with van der Waals surface area (Å²) in [5, 5.41) is 5.75. The largest absolute Gasteiger partial charge is 0.442 e. The molecule has 2 aromatic rings. The highest BCUT2D eigenvalue weighted by atomic mass is 16.3. The fourth-order valence-corrected chi connectivity index (χ4v) is 0.720. The lowest BCUT2D eigenvalue weighted by atomic mass is 10.5. The van der Waals surface area contributed by atoms with E-state index in [0.717, 1.165) is 0 Å². The highest BCUT2D eigenvalue weighted by Gasteiger charge is 2.00. The van der Waals surface area contributed by atoms with Gasteiger partial charge >= 0.3 is 0 Å². The van der Waals surface area contributed by atoms with E-state index in [9.17, 15) is 4.79 Å². The Balaban J connectivity index is 3.09. The highest BCUT2D eigenvalue weighted by Crippen LogP contribution is 2.01. The Morgan fingerprint density at radius 2 is 2.50 bits per heavy atom. The van der Waals surface area contributed by atoms with Crippen molar-refractivity contribution in [2.24, 2.45) is 0 Å². The van der Waals surface area contributed by atoms with E-state index in [0.29, 0.717) is 5.58 Å². The summed E-state index contributed by atoms with van der Waals surface area (Å²) in [4.78, 5) is 14.5. The van der Waals surface area contributed by atoms with Crippen LogP contribution < -0.4 is 5.56 Å². The summed E-state index contributed by atoms with van der Waals surface area (Å²) in [5.41, 5.74) is 0.366. The van der Waals surface area contributed by atoms with Gasteiger partial charge in [0.1, 0.15) is 0 Å². The Bertz CT molecular complexity index is 402. The molecule has 0 aromatic carbocycles. The molecule has 5 nitrogen and oxygen atoms in total. The van der Waals surface area contributed by atoms with Crippen molar-refractivity contribution in [3.63, 3.8) is 0 Å². The SMILES string of the molecule is O=c1[nH]ncc2ocnc12. The Kier molecular flexibility index (Phi) is 0.858. The molecule has 0 aliphatic carbocycles. The summed E-state index contributed by atoms with van der Waals surface area (Å²) in [6.45, 7) is 0. The standard InChI is InChI=1S/C5H3N3O2/c9-5-4-3(1-7-8-5)10-2-6-4/h1-2H,(H,8,9). The third-order valence-electron chi connectivity index (χ3n) is 1.16. The van der Waals surface area contributed by atoms with E-state index in [-0.39, 0.29) is 11.1 Å². The van der Waals surface area contributed by atoms with Crippen LogP contribution in [0.15, 0.2) is 21.8 Å². The molecule has 0 bridgehead atoms. The van der Waals surface area contributed by atoms with Gasteiger partial charge in [0.05, 0.1) is 6.20 Å². The van der Waals surface area contributed by atoms with Crippen molar-refractivity contribution >= 4 is 11.1 Å². The van der Waals surface area contributed by atoms with Crippen LogP contribution in [-0.4, -0.2) is 15.2 Å². The quantitative estimate of drug-likeness (QED) is 0.550. The molecule has 0 atom stereocenters. The monoisotopic (exact) mass is 137 g/mol. The molecule has 0 aliphatic heterocycles. The van der Waals surface area contributed by atoms with Gasteiger partial charge in [-0.3, -0.25) is 4.79 Å². The van der Waals surface area contributed by atoms with Crippen LogP contribution in [0.1, 0.15) is 0 Å². The van der Waals surface area contributed by atoms with Crippen molar-refractivity contribution in [1.29, 1.82) is 0 Å². The third-order valence-corrected chi connectivity index (χ3v) is 1.16. The molecule has 50 valence electrons. The zero-order valence-electron chi connectivity index (χ0n) is 4.87. The Morgan fingerprint density at radius 3 is 3.30 bits per heavy atom. The average Bonchev–Trinajstić information content (AvgIpc) is 2.36. The second-order valence-corrected chi connectivity index (χ2v) is 1.76. The topological polar surface area (TPSA) is 71.8 Å². The Morgan fingerprint density at radius 1 is 1.60 bits per heavy atom. The van der Waals surface area contributed by atoms with Crippen molar-refractivity contribution in [2.75, 3.05) is 0 Å². The molecule has 10 heavy (non-hydrogen) atoms. The maximum Gasteiger partial charge on any atom is 0.294 e. The van der Waals surface area contributed by atoms with E-state index in [1.165, 1.54) is 12.6 Å². The zero-order valence-corrected chi connectivity index (χ0v) is 4.87. The Hall–Kier alpha value is -1.65. The number of aromatic amines is 1. The van der Waals surface area contributed by atoms with Gasteiger partial charge in [-0.2, -0.15) is 5.10 Å². The first-order valence-corrected chi connectivity index (χ1v) is 2.65. The first-order chi connectivity index (χ1) is 4.88. The predicted octanol–water partition coefficient (Wildman–Crippen LogP) is -0.0889. The van der Waals surface area contributed by atoms with Gasteiger partial charge in [0, 0.05) is 0 Å². The van der Waals surface area contributed by atoms with Crippen molar-refractivity contribution in [3.05, 3.63) is 22.9 Å². The number of fused-ring (bicyclic) bond motifs is 1. The lowest BCUT2D eigenvalue weighted by molar-refractivity contribution is 0.600. The highest BCUT2D eigenvalue weighted by molar-refractivity contribution is 5.68. The van der Waals surface area contributed by atoms with Crippen LogP contribution in [0.5, 0.6) is 0 Å². The minimum Gasteiger partial charge on any atom is -0.442 e. The van der Waals surface area contributed by atoms with Gasteiger partial charge in [0.25, 0.3) is 5.56 Å². The summed E-state index contributed by atoms with van der Waals surface area (Å²) < 4.78 is 4.81. The average molecular weight is 137 g/mol. The van der Waals surface area contributed by atoms with Crippen LogP contribution in [0.4, 0.5) is 0 Å². The number of nitrogens with one attached hydrogen (secondary N) is 1. The van der Waals surface area contributed by atoms with Crippen molar-refractivity contribution in [2.45, 2.75) is 0 Å². The fraction of sp³-hybridized carbons (Fsp3) is 0. The van der Waals surface area contributed by atoms with Crippen molar-refractivity contribution in [3.8, 4) is 0 Å².